The molecule has 20 heavy (non-hydrogen) atoms. The highest BCUT2D eigenvalue weighted by Crippen LogP contribution is 2.33. The lowest BCUT2D eigenvalue weighted by Gasteiger charge is -2.13. The van der Waals surface area contributed by atoms with Gasteiger partial charge in [0, 0.05) is 13.2 Å². The first-order chi connectivity index (χ1) is 9.47. The van der Waals surface area contributed by atoms with Crippen molar-refractivity contribution in [3.63, 3.8) is 0 Å². The average molecular weight is 308 g/mol. The van der Waals surface area contributed by atoms with Crippen LogP contribution < -0.4 is 5.32 Å². The average Bonchev–Trinajstić information content (AvgIpc) is 2.88. The van der Waals surface area contributed by atoms with Gasteiger partial charge in [0.25, 0.3) is 0 Å². The Hall–Kier alpha value is -0.940. The van der Waals surface area contributed by atoms with Gasteiger partial charge in [-0.3, -0.25) is 0 Å². The Bertz CT molecular complexity index is 445. The van der Waals surface area contributed by atoms with Crippen LogP contribution in [0.15, 0.2) is 18.2 Å². The van der Waals surface area contributed by atoms with E-state index in [1.54, 1.807) is 0 Å². The van der Waals surface area contributed by atoms with Crippen molar-refractivity contribution < 1.29 is 17.9 Å². The van der Waals surface area contributed by atoms with Crippen LogP contribution in [0.3, 0.4) is 0 Å². The van der Waals surface area contributed by atoms with Crippen molar-refractivity contribution >= 4 is 17.3 Å². The third-order valence-corrected chi connectivity index (χ3v) is 3.65. The number of ether oxygens (including phenoxy) is 1. The summed E-state index contributed by atoms with van der Waals surface area (Å²) in [6.07, 6.45) is 0.0546. The van der Waals surface area contributed by atoms with E-state index in [0.717, 1.165) is 44.4 Å². The van der Waals surface area contributed by atoms with Gasteiger partial charge in [-0.05, 0) is 43.9 Å². The summed E-state index contributed by atoms with van der Waals surface area (Å²) in [5, 5.41) is 3.16. The van der Waals surface area contributed by atoms with Crippen molar-refractivity contribution in [2.24, 2.45) is 0 Å². The monoisotopic (exact) mass is 307 g/mol. The summed E-state index contributed by atoms with van der Waals surface area (Å²) in [4.78, 5) is 0. The van der Waals surface area contributed by atoms with Crippen LogP contribution >= 0.6 is 11.6 Å². The van der Waals surface area contributed by atoms with Crippen molar-refractivity contribution in [2.45, 2.75) is 38.0 Å². The van der Waals surface area contributed by atoms with Gasteiger partial charge in [0.15, 0.2) is 0 Å². The predicted molar refractivity (Wildman–Crippen MR) is 73.2 cm³/mol. The zero-order valence-corrected chi connectivity index (χ0v) is 11.7. The third-order valence-electron chi connectivity index (χ3n) is 3.34. The van der Waals surface area contributed by atoms with Crippen LogP contribution in [0.1, 0.15) is 31.2 Å². The van der Waals surface area contributed by atoms with Gasteiger partial charge in [-0.15, -0.1) is 0 Å². The molecular formula is C14H17ClF3NO. The van der Waals surface area contributed by atoms with E-state index in [1.165, 1.54) is 6.07 Å². The fraction of sp³-hybridized carbons (Fsp3) is 0.571. The standard InChI is InChI=1S/C14H17ClF3NO/c15-12-9-10(14(16,17)18)5-6-13(12)19-7-1-3-11-4-2-8-20-11/h5-6,9,11,19H,1-4,7-8H2. The summed E-state index contributed by atoms with van der Waals surface area (Å²) in [5.41, 5.74) is -0.195. The van der Waals surface area contributed by atoms with Crippen molar-refractivity contribution in [1.82, 2.24) is 0 Å². The molecule has 0 saturated carbocycles. The van der Waals surface area contributed by atoms with Crippen LogP contribution in [-0.4, -0.2) is 19.3 Å². The zero-order valence-electron chi connectivity index (χ0n) is 11.0. The molecule has 0 amide bonds. The van der Waals surface area contributed by atoms with Crippen molar-refractivity contribution in [1.29, 1.82) is 0 Å². The molecule has 1 aromatic carbocycles. The molecule has 0 spiro atoms. The fourth-order valence-corrected chi connectivity index (χ4v) is 2.51. The molecule has 1 heterocycles. The Morgan fingerprint density at radius 1 is 1.35 bits per heavy atom. The molecule has 0 radical (unpaired) electrons. The maximum absolute atomic E-state index is 12.5. The molecule has 6 heteroatoms. The zero-order chi connectivity index (χ0) is 14.6. The molecule has 1 fully saturated rings. The summed E-state index contributed by atoms with van der Waals surface area (Å²) in [6.45, 7) is 1.51. The van der Waals surface area contributed by atoms with Gasteiger partial charge < -0.3 is 10.1 Å². The summed E-state index contributed by atoms with van der Waals surface area (Å²) in [5.74, 6) is 0. The topological polar surface area (TPSA) is 21.3 Å². The number of halogens is 4. The van der Waals surface area contributed by atoms with Gasteiger partial charge in [0.1, 0.15) is 0 Å². The molecule has 1 aromatic rings. The number of hydrogen-bond donors (Lipinski definition) is 1. The maximum Gasteiger partial charge on any atom is 0.416 e. The summed E-state index contributed by atoms with van der Waals surface area (Å²) >= 11 is 5.85. The molecular weight excluding hydrogens is 291 g/mol. The summed E-state index contributed by atoms with van der Waals surface area (Å²) in [6, 6.07) is 3.36. The number of nitrogens with one attached hydrogen (secondary N) is 1. The number of hydrogen-bond acceptors (Lipinski definition) is 2. The molecule has 2 rings (SSSR count). The van der Waals surface area contributed by atoms with E-state index < -0.39 is 11.7 Å². The van der Waals surface area contributed by atoms with Gasteiger partial charge in [-0.2, -0.15) is 13.2 Å². The minimum absolute atomic E-state index is 0.0944. The Labute approximate surface area is 121 Å². The Morgan fingerprint density at radius 2 is 2.15 bits per heavy atom. The van der Waals surface area contributed by atoms with Crippen LogP contribution in [0.4, 0.5) is 18.9 Å². The van der Waals surface area contributed by atoms with Crippen LogP contribution in [0.2, 0.25) is 5.02 Å². The molecule has 0 aliphatic carbocycles. The Kier molecular flexibility index (Phi) is 5.16. The normalized spacial score (nSPS) is 19.3. The second-order valence-corrected chi connectivity index (χ2v) is 5.30. The SMILES string of the molecule is FC(F)(F)c1ccc(NCCCC2CCCO2)c(Cl)c1. The maximum atomic E-state index is 12.5. The summed E-state index contributed by atoms with van der Waals surface area (Å²) in [7, 11) is 0. The highest BCUT2D eigenvalue weighted by molar-refractivity contribution is 6.33. The lowest BCUT2D eigenvalue weighted by atomic mass is 10.1. The second kappa shape index (κ2) is 6.68. The first kappa shape index (κ1) is 15.4. The van der Waals surface area contributed by atoms with Gasteiger partial charge >= 0.3 is 6.18 Å². The van der Waals surface area contributed by atoms with E-state index in [1.807, 2.05) is 0 Å². The van der Waals surface area contributed by atoms with Crippen LogP contribution in [0.5, 0.6) is 0 Å². The van der Waals surface area contributed by atoms with E-state index >= 15 is 0 Å². The third kappa shape index (κ3) is 4.28. The number of rotatable bonds is 5. The quantitative estimate of drug-likeness (QED) is 0.794. The van der Waals surface area contributed by atoms with Crippen molar-refractivity contribution in [3.05, 3.63) is 28.8 Å². The molecule has 1 N–H and O–H groups in total. The molecule has 1 aliphatic rings. The lowest BCUT2D eigenvalue weighted by molar-refractivity contribution is -0.137. The van der Waals surface area contributed by atoms with Crippen molar-refractivity contribution in [2.75, 3.05) is 18.5 Å². The first-order valence-electron chi connectivity index (χ1n) is 6.69. The largest absolute Gasteiger partial charge is 0.416 e. The molecule has 1 aliphatic heterocycles. The molecule has 0 bridgehead atoms. The molecule has 1 atom stereocenters. The number of benzene rings is 1. The number of alkyl halides is 3. The van der Waals surface area contributed by atoms with E-state index in [-0.39, 0.29) is 5.02 Å². The highest BCUT2D eigenvalue weighted by atomic mass is 35.5. The van der Waals surface area contributed by atoms with Gasteiger partial charge in [0.2, 0.25) is 0 Å². The number of anilines is 1. The lowest BCUT2D eigenvalue weighted by Crippen LogP contribution is -2.10. The second-order valence-electron chi connectivity index (χ2n) is 4.90. The molecule has 2 nitrogen and oxygen atoms in total. The molecule has 112 valence electrons. The molecule has 1 unspecified atom stereocenters. The smallest absolute Gasteiger partial charge is 0.384 e. The van der Waals surface area contributed by atoms with Crippen LogP contribution in [0, 0.1) is 0 Å². The van der Waals surface area contributed by atoms with E-state index in [0.29, 0.717) is 18.3 Å². The summed E-state index contributed by atoms with van der Waals surface area (Å²) < 4.78 is 43.0. The highest BCUT2D eigenvalue weighted by Gasteiger charge is 2.30. The van der Waals surface area contributed by atoms with E-state index in [2.05, 4.69) is 5.32 Å². The fourth-order valence-electron chi connectivity index (χ4n) is 2.26. The first-order valence-corrected chi connectivity index (χ1v) is 7.07. The van der Waals surface area contributed by atoms with Gasteiger partial charge in [-0.1, -0.05) is 11.6 Å². The minimum atomic E-state index is -4.36. The van der Waals surface area contributed by atoms with Crippen LogP contribution in [-0.2, 0) is 10.9 Å². The van der Waals surface area contributed by atoms with Gasteiger partial charge in [-0.25, -0.2) is 0 Å². The Morgan fingerprint density at radius 3 is 2.75 bits per heavy atom. The predicted octanol–water partition coefficient (Wildman–Crippen LogP) is 4.73. The minimum Gasteiger partial charge on any atom is -0.384 e. The molecule has 0 aromatic heterocycles. The van der Waals surface area contributed by atoms with E-state index in [4.69, 9.17) is 16.3 Å². The Balaban J connectivity index is 1.80. The van der Waals surface area contributed by atoms with Gasteiger partial charge in [0.05, 0.1) is 22.4 Å². The van der Waals surface area contributed by atoms with Crippen LogP contribution in [0.25, 0.3) is 0 Å². The molecule has 1 saturated heterocycles. The van der Waals surface area contributed by atoms with E-state index in [9.17, 15) is 13.2 Å². The van der Waals surface area contributed by atoms with Crippen molar-refractivity contribution in [3.8, 4) is 0 Å².